The summed E-state index contributed by atoms with van der Waals surface area (Å²) in [4.78, 5) is 0. The minimum Gasteiger partial charge on any atom is -0.309 e. The summed E-state index contributed by atoms with van der Waals surface area (Å²) in [5.41, 5.74) is 3.83. The van der Waals surface area contributed by atoms with E-state index in [0.29, 0.717) is 0 Å². The van der Waals surface area contributed by atoms with Crippen molar-refractivity contribution in [1.82, 2.24) is 15.1 Å². The van der Waals surface area contributed by atoms with Crippen molar-refractivity contribution in [2.45, 2.75) is 26.9 Å². The number of hydrogen-bond donors (Lipinski definition) is 1. The molecule has 0 amide bonds. The van der Waals surface area contributed by atoms with Gasteiger partial charge in [-0.05, 0) is 19.4 Å². The lowest BCUT2D eigenvalue weighted by Crippen LogP contribution is -2.12. The molecule has 1 heterocycles. The average Bonchev–Trinajstić information content (AvgIpc) is 2.83. The molecule has 1 aromatic heterocycles. The highest BCUT2D eigenvalue weighted by atomic mass is 15.3. The van der Waals surface area contributed by atoms with Gasteiger partial charge in [-0.25, -0.2) is 0 Å². The van der Waals surface area contributed by atoms with Gasteiger partial charge in [0.15, 0.2) is 0 Å². The third-order valence-corrected chi connectivity index (χ3v) is 2.86. The van der Waals surface area contributed by atoms with Crippen LogP contribution in [-0.4, -0.2) is 16.3 Å². The summed E-state index contributed by atoms with van der Waals surface area (Å²) < 4.78 is 1.98. The Morgan fingerprint density at radius 1 is 1.21 bits per heavy atom. The predicted octanol–water partition coefficient (Wildman–Crippen LogP) is 2.99. The van der Waals surface area contributed by atoms with Gasteiger partial charge in [0.1, 0.15) is 0 Å². The van der Waals surface area contributed by atoms with Gasteiger partial charge in [0.25, 0.3) is 0 Å². The van der Waals surface area contributed by atoms with Gasteiger partial charge in [0.2, 0.25) is 0 Å². The molecular formula is C16H21N3. The van der Waals surface area contributed by atoms with E-state index in [1.54, 1.807) is 0 Å². The summed E-state index contributed by atoms with van der Waals surface area (Å²) in [6, 6.07) is 10.4. The Balaban J connectivity index is 1.84. The molecule has 0 saturated carbocycles. The summed E-state index contributed by atoms with van der Waals surface area (Å²) in [6.07, 6.45) is 6.22. The van der Waals surface area contributed by atoms with E-state index in [9.17, 15) is 0 Å². The van der Waals surface area contributed by atoms with Crippen LogP contribution in [-0.2, 0) is 13.1 Å². The molecule has 1 aromatic carbocycles. The topological polar surface area (TPSA) is 29.9 Å². The molecule has 0 aliphatic heterocycles. The number of nitrogens with one attached hydrogen (secondary N) is 1. The van der Waals surface area contributed by atoms with Crippen molar-refractivity contribution in [2.24, 2.45) is 0 Å². The first-order valence-electron chi connectivity index (χ1n) is 6.63. The van der Waals surface area contributed by atoms with Crippen molar-refractivity contribution in [3.05, 3.63) is 65.5 Å². The lowest BCUT2D eigenvalue weighted by molar-refractivity contribution is 0.684. The molecule has 0 unspecified atom stereocenters. The molecule has 0 bridgehead atoms. The highest BCUT2D eigenvalue weighted by Crippen LogP contribution is 2.03. The fraction of sp³-hybridized carbons (Fsp3) is 0.312. The second-order valence-electron chi connectivity index (χ2n) is 4.94. The maximum absolute atomic E-state index is 4.39. The maximum atomic E-state index is 4.39. The molecule has 2 rings (SSSR count). The van der Waals surface area contributed by atoms with Crippen LogP contribution in [0.3, 0.4) is 0 Å². The zero-order valence-electron chi connectivity index (χ0n) is 11.6. The fourth-order valence-electron chi connectivity index (χ4n) is 1.85. The zero-order valence-corrected chi connectivity index (χ0v) is 11.6. The molecule has 19 heavy (non-hydrogen) atoms. The number of hydrogen-bond acceptors (Lipinski definition) is 2. The lowest BCUT2D eigenvalue weighted by Gasteiger charge is -2.01. The second kappa shape index (κ2) is 6.90. The van der Waals surface area contributed by atoms with Gasteiger partial charge in [0.05, 0.1) is 12.7 Å². The number of rotatable bonds is 6. The van der Waals surface area contributed by atoms with Gasteiger partial charge in [0, 0.05) is 24.8 Å². The van der Waals surface area contributed by atoms with E-state index in [1.165, 1.54) is 16.7 Å². The largest absolute Gasteiger partial charge is 0.309 e. The lowest BCUT2D eigenvalue weighted by atomic mass is 10.2. The van der Waals surface area contributed by atoms with Gasteiger partial charge in [-0.2, -0.15) is 5.10 Å². The Morgan fingerprint density at radius 2 is 2.00 bits per heavy atom. The van der Waals surface area contributed by atoms with Crippen molar-refractivity contribution >= 4 is 0 Å². The molecule has 0 fully saturated rings. The van der Waals surface area contributed by atoms with Crippen molar-refractivity contribution in [2.75, 3.05) is 6.54 Å². The highest BCUT2D eigenvalue weighted by Gasteiger charge is 1.99. The standard InChI is InChI=1S/C16H21N3/c1-14(2)8-9-17-10-16-11-18-19(13-16)12-15-6-4-3-5-7-15/h3-8,11,13,17H,9-10,12H2,1-2H3. The van der Waals surface area contributed by atoms with Crippen LogP contribution in [0.5, 0.6) is 0 Å². The molecule has 3 nitrogen and oxygen atoms in total. The molecule has 3 heteroatoms. The molecule has 1 N–H and O–H groups in total. The number of aromatic nitrogens is 2. The van der Waals surface area contributed by atoms with Gasteiger partial charge in [-0.3, -0.25) is 4.68 Å². The van der Waals surface area contributed by atoms with Crippen LogP contribution < -0.4 is 5.32 Å². The van der Waals surface area contributed by atoms with E-state index in [1.807, 2.05) is 16.9 Å². The Labute approximate surface area is 115 Å². The van der Waals surface area contributed by atoms with Crippen molar-refractivity contribution in [1.29, 1.82) is 0 Å². The fourth-order valence-corrected chi connectivity index (χ4v) is 1.85. The van der Waals surface area contributed by atoms with Crippen LogP contribution >= 0.6 is 0 Å². The van der Waals surface area contributed by atoms with Crippen LogP contribution in [0.25, 0.3) is 0 Å². The molecule has 0 atom stereocenters. The summed E-state index contributed by atoms with van der Waals surface area (Å²) in [5, 5.41) is 7.77. The normalized spacial score (nSPS) is 10.4. The molecule has 0 aliphatic rings. The smallest absolute Gasteiger partial charge is 0.0659 e. The van der Waals surface area contributed by atoms with Crippen LogP contribution in [0.2, 0.25) is 0 Å². The minimum atomic E-state index is 0.828. The van der Waals surface area contributed by atoms with E-state index in [-0.39, 0.29) is 0 Å². The number of nitrogens with zero attached hydrogens (tertiary/aromatic N) is 2. The third kappa shape index (κ3) is 4.72. The van der Waals surface area contributed by atoms with Crippen molar-refractivity contribution < 1.29 is 0 Å². The number of benzene rings is 1. The third-order valence-electron chi connectivity index (χ3n) is 2.86. The first-order valence-corrected chi connectivity index (χ1v) is 6.63. The zero-order chi connectivity index (χ0) is 13.5. The van der Waals surface area contributed by atoms with Gasteiger partial charge >= 0.3 is 0 Å². The SMILES string of the molecule is CC(C)=CCNCc1cnn(Cc2ccccc2)c1. The summed E-state index contributed by atoms with van der Waals surface area (Å²) in [5.74, 6) is 0. The molecule has 0 spiro atoms. The Morgan fingerprint density at radius 3 is 2.74 bits per heavy atom. The minimum absolute atomic E-state index is 0.828. The van der Waals surface area contributed by atoms with Crippen LogP contribution in [0.15, 0.2) is 54.4 Å². The van der Waals surface area contributed by atoms with Crippen LogP contribution in [0.1, 0.15) is 25.0 Å². The first kappa shape index (κ1) is 13.6. The second-order valence-corrected chi connectivity index (χ2v) is 4.94. The summed E-state index contributed by atoms with van der Waals surface area (Å²) in [6.45, 7) is 6.82. The Hall–Kier alpha value is -1.87. The molecular weight excluding hydrogens is 234 g/mol. The van der Waals surface area contributed by atoms with E-state index in [0.717, 1.165) is 19.6 Å². The van der Waals surface area contributed by atoms with Crippen molar-refractivity contribution in [3.63, 3.8) is 0 Å². The van der Waals surface area contributed by atoms with E-state index in [4.69, 9.17) is 0 Å². The van der Waals surface area contributed by atoms with E-state index in [2.05, 4.69) is 60.8 Å². The van der Waals surface area contributed by atoms with Gasteiger partial charge in [-0.1, -0.05) is 42.0 Å². The molecule has 0 aliphatic carbocycles. The van der Waals surface area contributed by atoms with Crippen molar-refractivity contribution in [3.8, 4) is 0 Å². The van der Waals surface area contributed by atoms with E-state index >= 15 is 0 Å². The molecule has 2 aromatic rings. The Bertz CT molecular complexity index is 522. The molecule has 0 saturated heterocycles. The molecule has 100 valence electrons. The summed E-state index contributed by atoms with van der Waals surface area (Å²) in [7, 11) is 0. The predicted molar refractivity (Wildman–Crippen MR) is 78.9 cm³/mol. The molecule has 0 radical (unpaired) electrons. The number of allylic oxidation sites excluding steroid dienone is 1. The monoisotopic (exact) mass is 255 g/mol. The maximum Gasteiger partial charge on any atom is 0.0659 e. The first-order chi connectivity index (χ1) is 9.24. The highest BCUT2D eigenvalue weighted by molar-refractivity contribution is 5.15. The van der Waals surface area contributed by atoms with Gasteiger partial charge in [-0.15, -0.1) is 0 Å². The van der Waals surface area contributed by atoms with Crippen LogP contribution in [0, 0.1) is 0 Å². The van der Waals surface area contributed by atoms with Crippen LogP contribution in [0.4, 0.5) is 0 Å². The summed E-state index contributed by atoms with van der Waals surface area (Å²) >= 11 is 0. The quantitative estimate of drug-likeness (QED) is 0.635. The van der Waals surface area contributed by atoms with E-state index < -0.39 is 0 Å². The Kier molecular flexibility index (Phi) is 4.93. The average molecular weight is 255 g/mol. The van der Waals surface area contributed by atoms with Gasteiger partial charge < -0.3 is 5.32 Å².